The number of rotatable bonds is 5. The van der Waals surface area contributed by atoms with Crippen molar-refractivity contribution in [2.45, 2.75) is 31.1 Å². The van der Waals surface area contributed by atoms with E-state index >= 15 is 0 Å². The number of benzene rings is 1. The summed E-state index contributed by atoms with van der Waals surface area (Å²) in [5, 5.41) is 32.6. The Hall–Kier alpha value is -2.59. The van der Waals surface area contributed by atoms with Gasteiger partial charge in [-0.15, -0.1) is 0 Å². The van der Waals surface area contributed by atoms with Gasteiger partial charge in [0.25, 0.3) is 0 Å². The van der Waals surface area contributed by atoms with Crippen molar-refractivity contribution < 1.29 is 20.1 Å². The molecule has 26 heavy (non-hydrogen) atoms. The Morgan fingerprint density at radius 3 is 2.62 bits per heavy atom. The van der Waals surface area contributed by atoms with Gasteiger partial charge in [-0.2, -0.15) is 0 Å². The van der Waals surface area contributed by atoms with E-state index in [9.17, 15) is 15.3 Å². The number of fused-ring (bicyclic) bond motifs is 1. The van der Waals surface area contributed by atoms with Crippen molar-refractivity contribution in [1.82, 2.24) is 19.5 Å². The van der Waals surface area contributed by atoms with Gasteiger partial charge in [0.05, 0.1) is 12.9 Å². The molecule has 0 radical (unpaired) electrons. The molecule has 0 spiro atoms. The number of aromatic nitrogens is 4. The van der Waals surface area contributed by atoms with E-state index in [-0.39, 0.29) is 6.61 Å². The van der Waals surface area contributed by atoms with E-state index in [1.165, 1.54) is 17.2 Å². The van der Waals surface area contributed by atoms with Crippen molar-refractivity contribution in [3.05, 3.63) is 48.5 Å². The van der Waals surface area contributed by atoms with Crippen LogP contribution >= 0.6 is 0 Å². The lowest BCUT2D eigenvalue weighted by Crippen LogP contribution is -2.33. The molecule has 1 saturated heterocycles. The van der Waals surface area contributed by atoms with E-state index in [1.807, 2.05) is 30.3 Å². The van der Waals surface area contributed by atoms with E-state index in [1.54, 1.807) is 0 Å². The van der Waals surface area contributed by atoms with Crippen LogP contribution in [0.1, 0.15) is 11.8 Å². The largest absolute Gasteiger partial charge is 0.394 e. The molecule has 136 valence electrons. The van der Waals surface area contributed by atoms with Crippen LogP contribution in [0, 0.1) is 0 Å². The molecule has 1 aromatic carbocycles. The van der Waals surface area contributed by atoms with Gasteiger partial charge in [-0.05, 0) is 5.56 Å². The van der Waals surface area contributed by atoms with Gasteiger partial charge in [0.1, 0.15) is 24.6 Å². The Bertz CT molecular complexity index is 887. The third-order valence-electron chi connectivity index (χ3n) is 4.45. The molecular formula is C17H19N5O4. The molecule has 4 N–H and O–H groups in total. The molecule has 4 rings (SSSR count). The van der Waals surface area contributed by atoms with Crippen molar-refractivity contribution in [2.24, 2.45) is 0 Å². The van der Waals surface area contributed by atoms with Crippen molar-refractivity contribution >= 4 is 17.0 Å². The van der Waals surface area contributed by atoms with Gasteiger partial charge in [0, 0.05) is 6.54 Å². The highest BCUT2D eigenvalue weighted by atomic mass is 16.6. The first-order valence-electron chi connectivity index (χ1n) is 8.27. The molecule has 9 nitrogen and oxygen atoms in total. The van der Waals surface area contributed by atoms with Crippen LogP contribution in [0.2, 0.25) is 0 Å². The summed E-state index contributed by atoms with van der Waals surface area (Å²) in [6.45, 7) is 0.188. The number of aliphatic hydroxyl groups excluding tert-OH is 3. The number of ether oxygens (including phenoxy) is 1. The van der Waals surface area contributed by atoms with Crippen LogP contribution in [0.3, 0.4) is 0 Å². The summed E-state index contributed by atoms with van der Waals surface area (Å²) in [5.41, 5.74) is 2.09. The smallest absolute Gasteiger partial charge is 0.167 e. The first-order valence-corrected chi connectivity index (χ1v) is 8.27. The number of aliphatic hydroxyl groups is 3. The number of hydrogen-bond donors (Lipinski definition) is 4. The lowest BCUT2D eigenvalue weighted by Gasteiger charge is -2.16. The first kappa shape index (κ1) is 16.9. The third-order valence-corrected chi connectivity index (χ3v) is 4.45. The Labute approximate surface area is 148 Å². The average molecular weight is 357 g/mol. The maximum absolute atomic E-state index is 10.2. The fraction of sp³-hybridized carbons (Fsp3) is 0.353. The number of nitrogens with one attached hydrogen (secondary N) is 1. The highest BCUT2D eigenvalue weighted by Crippen LogP contribution is 2.32. The third kappa shape index (κ3) is 2.90. The predicted molar refractivity (Wildman–Crippen MR) is 92.1 cm³/mol. The highest BCUT2D eigenvalue weighted by Gasteiger charge is 2.44. The quantitative estimate of drug-likeness (QED) is 0.505. The van der Waals surface area contributed by atoms with E-state index in [2.05, 4.69) is 20.3 Å². The number of nitrogens with zero attached hydrogens (tertiary/aromatic N) is 4. The van der Waals surface area contributed by atoms with Crippen molar-refractivity contribution in [1.29, 1.82) is 0 Å². The fourth-order valence-electron chi connectivity index (χ4n) is 3.06. The molecule has 2 aromatic heterocycles. The molecule has 0 bridgehead atoms. The standard InChI is InChI=1S/C17H19N5O4/c23-7-11-13(24)14(25)17(26-11)22-9-21-12-15(19-8-20-16(12)22)18-6-10-4-2-1-3-5-10/h1-5,8-9,11,13-14,17,23-25H,6-7H2,(H,18,19,20)/t11-,13+,14+,17-/m0/s1. The fourth-order valence-corrected chi connectivity index (χ4v) is 3.06. The molecule has 0 aliphatic carbocycles. The molecule has 3 aromatic rings. The van der Waals surface area contributed by atoms with E-state index < -0.39 is 24.5 Å². The SMILES string of the molecule is OC[C@@H]1O[C@H](n2cnc3c(NCc4ccccc4)ncnc32)[C@H](O)[C@@H]1O. The van der Waals surface area contributed by atoms with Crippen LogP contribution in [-0.4, -0.2) is 59.8 Å². The molecule has 0 unspecified atom stereocenters. The summed E-state index contributed by atoms with van der Waals surface area (Å²) in [6.07, 6.45) is -1.24. The normalized spacial score (nSPS) is 25.7. The zero-order valence-electron chi connectivity index (χ0n) is 13.8. The molecule has 3 heterocycles. The van der Waals surface area contributed by atoms with Crippen molar-refractivity contribution in [3.63, 3.8) is 0 Å². The second kappa shape index (κ2) is 6.96. The van der Waals surface area contributed by atoms with Crippen LogP contribution in [0.5, 0.6) is 0 Å². The molecule has 4 atom stereocenters. The van der Waals surface area contributed by atoms with Gasteiger partial charge in [0.15, 0.2) is 23.2 Å². The Morgan fingerprint density at radius 1 is 1.08 bits per heavy atom. The first-order chi connectivity index (χ1) is 12.7. The van der Waals surface area contributed by atoms with Gasteiger partial charge >= 0.3 is 0 Å². The topological polar surface area (TPSA) is 126 Å². The lowest BCUT2D eigenvalue weighted by molar-refractivity contribution is -0.0511. The van der Waals surface area contributed by atoms with Crippen LogP contribution in [-0.2, 0) is 11.3 Å². The van der Waals surface area contributed by atoms with Gasteiger partial charge in [-0.25, -0.2) is 15.0 Å². The second-order valence-electron chi connectivity index (χ2n) is 6.11. The number of anilines is 1. The molecular weight excluding hydrogens is 338 g/mol. The van der Waals surface area contributed by atoms with Crippen molar-refractivity contribution in [2.75, 3.05) is 11.9 Å². The zero-order chi connectivity index (χ0) is 18.1. The van der Waals surface area contributed by atoms with Crippen LogP contribution < -0.4 is 5.32 Å². The predicted octanol–water partition coefficient (Wildman–Crippen LogP) is 0.0499. The van der Waals surface area contributed by atoms with E-state index in [4.69, 9.17) is 4.74 Å². The van der Waals surface area contributed by atoms with Gasteiger partial charge in [-0.1, -0.05) is 30.3 Å². The Balaban J connectivity index is 1.61. The average Bonchev–Trinajstić information content (AvgIpc) is 3.23. The number of imidazole rings is 1. The maximum atomic E-state index is 10.2. The minimum atomic E-state index is -1.19. The van der Waals surface area contributed by atoms with E-state index in [0.29, 0.717) is 23.5 Å². The van der Waals surface area contributed by atoms with Crippen molar-refractivity contribution in [3.8, 4) is 0 Å². The van der Waals surface area contributed by atoms with Crippen LogP contribution in [0.4, 0.5) is 5.82 Å². The van der Waals surface area contributed by atoms with Gasteiger partial charge in [-0.3, -0.25) is 4.57 Å². The molecule has 0 saturated carbocycles. The summed E-state index contributed by atoms with van der Waals surface area (Å²) in [7, 11) is 0. The molecule has 1 fully saturated rings. The molecule has 1 aliphatic heterocycles. The lowest BCUT2D eigenvalue weighted by atomic mass is 10.1. The number of hydrogen-bond acceptors (Lipinski definition) is 8. The zero-order valence-corrected chi connectivity index (χ0v) is 13.8. The summed E-state index contributed by atoms with van der Waals surface area (Å²) in [6, 6.07) is 9.88. The summed E-state index contributed by atoms with van der Waals surface area (Å²) >= 11 is 0. The van der Waals surface area contributed by atoms with Crippen LogP contribution in [0.25, 0.3) is 11.2 Å². The molecule has 9 heteroatoms. The van der Waals surface area contributed by atoms with E-state index in [0.717, 1.165) is 5.56 Å². The summed E-state index contributed by atoms with van der Waals surface area (Å²) in [5.74, 6) is 0.560. The second-order valence-corrected chi connectivity index (χ2v) is 6.11. The van der Waals surface area contributed by atoms with Gasteiger partial charge in [0.2, 0.25) is 0 Å². The highest BCUT2D eigenvalue weighted by molar-refractivity contribution is 5.82. The monoisotopic (exact) mass is 357 g/mol. The molecule has 0 amide bonds. The summed E-state index contributed by atoms with van der Waals surface area (Å²) in [4.78, 5) is 12.8. The Kier molecular flexibility index (Phi) is 4.51. The maximum Gasteiger partial charge on any atom is 0.167 e. The summed E-state index contributed by atoms with van der Waals surface area (Å²) < 4.78 is 7.08. The van der Waals surface area contributed by atoms with Gasteiger partial charge < -0.3 is 25.4 Å². The Morgan fingerprint density at radius 2 is 1.88 bits per heavy atom. The minimum Gasteiger partial charge on any atom is -0.394 e. The van der Waals surface area contributed by atoms with Crippen LogP contribution in [0.15, 0.2) is 43.0 Å². The minimum absolute atomic E-state index is 0.389. The molecule has 1 aliphatic rings.